The molecule has 41 heavy (non-hydrogen) atoms. The number of benzene rings is 6. The van der Waals surface area contributed by atoms with Gasteiger partial charge in [0, 0.05) is 5.39 Å². The first kappa shape index (κ1) is 23.4. The Morgan fingerprint density at radius 1 is 0.390 bits per heavy atom. The summed E-state index contributed by atoms with van der Waals surface area (Å²) in [6.07, 6.45) is 0. The molecule has 0 aliphatic rings. The molecular formula is C39H26N2. The SMILES string of the molecule is c1ccc(-c2cc(-c3ccccc3)cc(-c3cc4ccccc4c4nc5ccc(-c6ccccc6)cc5n34)c2)cc1. The van der Waals surface area contributed by atoms with Crippen molar-refractivity contribution in [2.75, 3.05) is 0 Å². The van der Waals surface area contributed by atoms with Gasteiger partial charge in [-0.05, 0) is 80.7 Å². The molecule has 0 aliphatic carbocycles. The number of imidazole rings is 1. The lowest BCUT2D eigenvalue weighted by Crippen LogP contribution is -1.95. The highest BCUT2D eigenvalue weighted by molar-refractivity contribution is 6.02. The highest BCUT2D eigenvalue weighted by Crippen LogP contribution is 2.37. The van der Waals surface area contributed by atoms with Gasteiger partial charge in [0.05, 0.1) is 16.7 Å². The van der Waals surface area contributed by atoms with Crippen molar-refractivity contribution >= 4 is 27.5 Å². The quantitative estimate of drug-likeness (QED) is 0.225. The van der Waals surface area contributed by atoms with E-state index in [0.717, 1.165) is 33.3 Å². The molecule has 192 valence electrons. The van der Waals surface area contributed by atoms with Crippen molar-refractivity contribution in [1.82, 2.24) is 9.38 Å². The third-order valence-corrected chi connectivity index (χ3v) is 7.94. The molecule has 0 aliphatic heterocycles. The highest BCUT2D eigenvalue weighted by atomic mass is 15.0. The van der Waals surface area contributed by atoms with Crippen molar-refractivity contribution in [1.29, 1.82) is 0 Å². The van der Waals surface area contributed by atoms with Gasteiger partial charge in [0.25, 0.3) is 0 Å². The van der Waals surface area contributed by atoms with Crippen LogP contribution in [0, 0.1) is 0 Å². The molecule has 8 rings (SSSR count). The zero-order chi connectivity index (χ0) is 27.2. The topological polar surface area (TPSA) is 17.3 Å². The Balaban J connectivity index is 1.47. The number of pyridine rings is 1. The van der Waals surface area contributed by atoms with Gasteiger partial charge in [-0.25, -0.2) is 4.98 Å². The van der Waals surface area contributed by atoms with Crippen molar-refractivity contribution in [2.45, 2.75) is 0 Å². The molecule has 0 radical (unpaired) electrons. The predicted octanol–water partition coefficient (Wildman–Crippen LogP) is 10.3. The Bertz CT molecular complexity index is 2120. The number of hydrogen-bond donors (Lipinski definition) is 0. The van der Waals surface area contributed by atoms with Gasteiger partial charge in [-0.15, -0.1) is 0 Å². The molecule has 6 aromatic carbocycles. The van der Waals surface area contributed by atoms with Crippen LogP contribution < -0.4 is 0 Å². The van der Waals surface area contributed by atoms with Crippen molar-refractivity contribution < 1.29 is 0 Å². The molecule has 2 heterocycles. The Morgan fingerprint density at radius 2 is 0.927 bits per heavy atom. The minimum Gasteiger partial charge on any atom is -0.292 e. The Morgan fingerprint density at radius 3 is 1.56 bits per heavy atom. The van der Waals surface area contributed by atoms with Gasteiger partial charge in [-0.1, -0.05) is 121 Å². The van der Waals surface area contributed by atoms with Crippen molar-refractivity contribution in [3.63, 3.8) is 0 Å². The lowest BCUT2D eigenvalue weighted by atomic mass is 9.94. The van der Waals surface area contributed by atoms with Crippen LogP contribution in [-0.4, -0.2) is 9.38 Å². The maximum atomic E-state index is 5.19. The predicted molar refractivity (Wildman–Crippen MR) is 172 cm³/mol. The number of hydrogen-bond acceptors (Lipinski definition) is 1. The molecule has 8 aromatic rings. The van der Waals surface area contributed by atoms with Crippen LogP contribution >= 0.6 is 0 Å². The summed E-state index contributed by atoms with van der Waals surface area (Å²) in [5.74, 6) is 0. The van der Waals surface area contributed by atoms with Crippen LogP contribution in [0.25, 0.3) is 72.1 Å². The van der Waals surface area contributed by atoms with E-state index in [1.54, 1.807) is 0 Å². The summed E-state index contributed by atoms with van der Waals surface area (Å²) in [6.45, 7) is 0. The van der Waals surface area contributed by atoms with E-state index in [9.17, 15) is 0 Å². The highest BCUT2D eigenvalue weighted by Gasteiger charge is 2.16. The zero-order valence-electron chi connectivity index (χ0n) is 22.4. The average molecular weight is 523 g/mol. The molecule has 0 saturated carbocycles. The van der Waals surface area contributed by atoms with Gasteiger partial charge in [0.1, 0.15) is 5.65 Å². The fourth-order valence-corrected chi connectivity index (χ4v) is 5.93. The van der Waals surface area contributed by atoms with Crippen LogP contribution in [-0.2, 0) is 0 Å². The smallest absolute Gasteiger partial charge is 0.146 e. The van der Waals surface area contributed by atoms with Crippen LogP contribution in [0.1, 0.15) is 0 Å². The van der Waals surface area contributed by atoms with Gasteiger partial charge in [0.2, 0.25) is 0 Å². The first-order valence-electron chi connectivity index (χ1n) is 14.0. The number of fused-ring (bicyclic) bond motifs is 5. The van der Waals surface area contributed by atoms with Crippen molar-refractivity contribution in [2.24, 2.45) is 0 Å². The number of rotatable bonds is 4. The van der Waals surface area contributed by atoms with Crippen LogP contribution in [0.2, 0.25) is 0 Å². The molecule has 0 N–H and O–H groups in total. The second-order valence-electron chi connectivity index (χ2n) is 10.5. The van der Waals surface area contributed by atoms with Crippen LogP contribution in [0.4, 0.5) is 0 Å². The minimum absolute atomic E-state index is 0.977. The normalized spacial score (nSPS) is 11.4. The van der Waals surface area contributed by atoms with Crippen LogP contribution in [0.3, 0.4) is 0 Å². The molecule has 0 saturated heterocycles. The molecule has 0 amide bonds. The lowest BCUT2D eigenvalue weighted by molar-refractivity contribution is 1.25. The Kier molecular flexibility index (Phi) is 5.49. The average Bonchev–Trinajstić information content (AvgIpc) is 3.45. The molecule has 0 bridgehead atoms. The first-order valence-corrected chi connectivity index (χ1v) is 14.0. The van der Waals surface area contributed by atoms with Gasteiger partial charge in [0.15, 0.2) is 0 Å². The standard InChI is InChI=1S/C39H26N2/c1-4-12-27(13-5-1)30-20-21-36-38(25-30)41-37(26-31-18-10-11-19-35(31)39(41)40-36)34-23-32(28-14-6-2-7-15-28)22-33(24-34)29-16-8-3-9-17-29/h1-26H. The van der Waals surface area contributed by atoms with Crippen molar-refractivity contribution in [3.8, 4) is 44.6 Å². The van der Waals surface area contributed by atoms with E-state index in [4.69, 9.17) is 4.98 Å². The molecule has 2 aromatic heterocycles. The van der Waals surface area contributed by atoms with E-state index in [2.05, 4.69) is 162 Å². The summed E-state index contributed by atoms with van der Waals surface area (Å²) < 4.78 is 2.35. The summed E-state index contributed by atoms with van der Waals surface area (Å²) in [5, 5.41) is 2.33. The largest absolute Gasteiger partial charge is 0.292 e. The van der Waals surface area contributed by atoms with Gasteiger partial charge < -0.3 is 0 Å². The monoisotopic (exact) mass is 522 g/mol. The summed E-state index contributed by atoms with van der Waals surface area (Å²) in [6, 6.07) is 56.3. The Labute approximate surface area is 238 Å². The molecule has 0 fully saturated rings. The lowest BCUT2D eigenvalue weighted by Gasteiger charge is -2.15. The fraction of sp³-hybridized carbons (Fsp3) is 0. The van der Waals surface area contributed by atoms with Gasteiger partial charge in [-0.3, -0.25) is 4.40 Å². The fourth-order valence-electron chi connectivity index (χ4n) is 5.93. The number of aromatic nitrogens is 2. The van der Waals surface area contributed by atoms with E-state index in [-0.39, 0.29) is 0 Å². The molecule has 0 atom stereocenters. The van der Waals surface area contributed by atoms with E-state index in [1.165, 1.54) is 38.8 Å². The molecule has 2 heteroatoms. The summed E-state index contributed by atoms with van der Waals surface area (Å²) in [4.78, 5) is 5.19. The van der Waals surface area contributed by atoms with E-state index in [0.29, 0.717) is 0 Å². The summed E-state index contributed by atoms with van der Waals surface area (Å²) in [5.41, 5.74) is 12.5. The van der Waals surface area contributed by atoms with Gasteiger partial charge in [-0.2, -0.15) is 0 Å². The maximum absolute atomic E-state index is 5.19. The summed E-state index contributed by atoms with van der Waals surface area (Å²) in [7, 11) is 0. The third-order valence-electron chi connectivity index (χ3n) is 7.94. The summed E-state index contributed by atoms with van der Waals surface area (Å²) >= 11 is 0. The zero-order valence-corrected chi connectivity index (χ0v) is 22.4. The Hall–Kier alpha value is -5.47. The van der Waals surface area contributed by atoms with E-state index >= 15 is 0 Å². The molecule has 2 nitrogen and oxygen atoms in total. The second-order valence-corrected chi connectivity index (χ2v) is 10.5. The molecule has 0 unspecified atom stereocenters. The van der Waals surface area contributed by atoms with Crippen molar-refractivity contribution in [3.05, 3.63) is 158 Å². The minimum atomic E-state index is 0.977. The van der Waals surface area contributed by atoms with E-state index in [1.807, 2.05) is 0 Å². The number of nitrogens with zero attached hydrogens (tertiary/aromatic N) is 2. The first-order chi connectivity index (χ1) is 20.3. The molecular weight excluding hydrogens is 496 g/mol. The third kappa shape index (κ3) is 4.09. The maximum Gasteiger partial charge on any atom is 0.146 e. The van der Waals surface area contributed by atoms with E-state index < -0.39 is 0 Å². The molecule has 0 spiro atoms. The second kappa shape index (κ2) is 9.62. The van der Waals surface area contributed by atoms with Gasteiger partial charge >= 0.3 is 0 Å². The van der Waals surface area contributed by atoms with Crippen LogP contribution in [0.15, 0.2) is 158 Å². The van der Waals surface area contributed by atoms with Crippen LogP contribution in [0.5, 0.6) is 0 Å².